The molecule has 6 heteroatoms. The van der Waals surface area contributed by atoms with Crippen molar-refractivity contribution in [2.45, 2.75) is 6.92 Å². The van der Waals surface area contributed by atoms with Gasteiger partial charge in [0.25, 0.3) is 5.91 Å². The number of halogens is 1. The fourth-order valence-electron chi connectivity index (χ4n) is 2.59. The van der Waals surface area contributed by atoms with E-state index < -0.39 is 0 Å². The molecule has 0 saturated carbocycles. The van der Waals surface area contributed by atoms with Gasteiger partial charge in [-0.15, -0.1) is 0 Å². The van der Waals surface area contributed by atoms with Crippen LogP contribution in [0.3, 0.4) is 0 Å². The minimum atomic E-state index is -0.353. The van der Waals surface area contributed by atoms with E-state index in [2.05, 4.69) is 15.3 Å². The van der Waals surface area contributed by atoms with Crippen LogP contribution in [0.5, 0.6) is 0 Å². The molecular formula is C17H12ClN3O2. The lowest BCUT2D eigenvalue weighted by Gasteiger charge is -1.99. The molecule has 2 aromatic heterocycles. The Balaban J connectivity index is 1.70. The van der Waals surface area contributed by atoms with Gasteiger partial charge >= 0.3 is 0 Å². The zero-order valence-electron chi connectivity index (χ0n) is 12.2. The largest absolute Gasteiger partial charge is 0.451 e. The van der Waals surface area contributed by atoms with Gasteiger partial charge in [-0.1, -0.05) is 23.7 Å². The molecule has 4 rings (SSSR count). The summed E-state index contributed by atoms with van der Waals surface area (Å²) in [5.41, 5.74) is 3.02. The van der Waals surface area contributed by atoms with Crippen molar-refractivity contribution in [1.82, 2.24) is 9.97 Å². The van der Waals surface area contributed by atoms with Crippen LogP contribution in [-0.4, -0.2) is 15.9 Å². The number of amides is 1. The Morgan fingerprint density at radius 3 is 2.91 bits per heavy atom. The third-order valence-electron chi connectivity index (χ3n) is 3.73. The van der Waals surface area contributed by atoms with Crippen molar-refractivity contribution in [3.05, 3.63) is 58.8 Å². The molecule has 2 heterocycles. The van der Waals surface area contributed by atoms with Gasteiger partial charge in [-0.05, 0) is 37.3 Å². The summed E-state index contributed by atoms with van der Waals surface area (Å²) in [7, 11) is 0. The summed E-state index contributed by atoms with van der Waals surface area (Å²) in [4.78, 5) is 19.8. The molecule has 0 aliphatic carbocycles. The number of imidazole rings is 1. The molecular weight excluding hydrogens is 314 g/mol. The zero-order chi connectivity index (χ0) is 16.0. The molecule has 0 aliphatic rings. The van der Waals surface area contributed by atoms with E-state index in [4.69, 9.17) is 16.0 Å². The van der Waals surface area contributed by atoms with Gasteiger partial charge in [0.2, 0.25) is 5.95 Å². The second kappa shape index (κ2) is 5.14. The molecule has 0 aliphatic heterocycles. The number of furan rings is 1. The highest BCUT2D eigenvalue weighted by molar-refractivity contribution is 6.31. The van der Waals surface area contributed by atoms with Gasteiger partial charge in [-0.2, -0.15) is 0 Å². The number of carbonyl (C=O) groups excluding carboxylic acids is 1. The Morgan fingerprint density at radius 2 is 2.09 bits per heavy atom. The lowest BCUT2D eigenvalue weighted by molar-refractivity contribution is 0.0997. The Hall–Kier alpha value is -2.79. The molecule has 0 fully saturated rings. The normalized spacial score (nSPS) is 11.2. The first-order chi connectivity index (χ1) is 11.1. The second-order valence-electron chi connectivity index (χ2n) is 5.25. The molecule has 0 unspecified atom stereocenters. The SMILES string of the molecule is Cc1c(C(=O)Nc2nc3ccccc3[nH]2)oc2ccc(Cl)cc12. The summed E-state index contributed by atoms with van der Waals surface area (Å²) in [5, 5.41) is 4.16. The number of fused-ring (bicyclic) bond motifs is 2. The number of aryl methyl sites for hydroxylation is 1. The summed E-state index contributed by atoms with van der Waals surface area (Å²) in [6.45, 7) is 1.83. The van der Waals surface area contributed by atoms with Crippen LogP contribution in [-0.2, 0) is 0 Å². The van der Waals surface area contributed by atoms with Crippen LogP contribution >= 0.6 is 11.6 Å². The topological polar surface area (TPSA) is 70.9 Å². The smallest absolute Gasteiger partial charge is 0.293 e. The van der Waals surface area contributed by atoms with Crippen molar-refractivity contribution in [1.29, 1.82) is 0 Å². The number of nitrogens with zero attached hydrogens (tertiary/aromatic N) is 1. The first-order valence-electron chi connectivity index (χ1n) is 7.06. The summed E-state index contributed by atoms with van der Waals surface area (Å²) in [6.07, 6.45) is 0. The van der Waals surface area contributed by atoms with Gasteiger partial charge in [0, 0.05) is 16.0 Å². The molecule has 2 aromatic carbocycles. The second-order valence-corrected chi connectivity index (χ2v) is 5.69. The van der Waals surface area contributed by atoms with E-state index >= 15 is 0 Å². The number of nitrogens with one attached hydrogen (secondary N) is 2. The van der Waals surface area contributed by atoms with Crippen LogP contribution in [0.1, 0.15) is 16.1 Å². The van der Waals surface area contributed by atoms with Crippen molar-refractivity contribution in [3.8, 4) is 0 Å². The van der Waals surface area contributed by atoms with E-state index in [9.17, 15) is 4.79 Å². The lowest BCUT2D eigenvalue weighted by atomic mass is 10.1. The summed E-state index contributed by atoms with van der Waals surface area (Å²) in [6, 6.07) is 12.8. The fraction of sp³-hybridized carbons (Fsp3) is 0.0588. The van der Waals surface area contributed by atoms with Gasteiger partial charge in [0.05, 0.1) is 11.0 Å². The average Bonchev–Trinajstić information content (AvgIpc) is 3.08. The Kier molecular flexibility index (Phi) is 3.09. The minimum Gasteiger partial charge on any atom is -0.451 e. The van der Waals surface area contributed by atoms with E-state index in [0.717, 1.165) is 22.0 Å². The van der Waals surface area contributed by atoms with E-state index in [1.807, 2.05) is 31.2 Å². The lowest BCUT2D eigenvalue weighted by Crippen LogP contribution is -2.13. The monoisotopic (exact) mass is 325 g/mol. The van der Waals surface area contributed by atoms with E-state index in [-0.39, 0.29) is 11.7 Å². The maximum Gasteiger partial charge on any atom is 0.293 e. The van der Waals surface area contributed by atoms with Crippen molar-refractivity contribution in [3.63, 3.8) is 0 Å². The Morgan fingerprint density at radius 1 is 1.26 bits per heavy atom. The number of anilines is 1. The zero-order valence-corrected chi connectivity index (χ0v) is 12.9. The summed E-state index contributed by atoms with van der Waals surface area (Å²) < 4.78 is 5.65. The standard InChI is InChI=1S/C17H12ClN3O2/c1-9-11-8-10(18)6-7-14(11)23-15(9)16(22)21-17-19-12-4-2-3-5-13(12)20-17/h2-8H,1H3,(H2,19,20,21,22). The predicted octanol–water partition coefficient (Wildman–Crippen LogP) is 4.52. The van der Waals surface area contributed by atoms with Crippen molar-refractivity contribution >= 4 is 45.5 Å². The number of benzene rings is 2. The molecule has 0 spiro atoms. The maximum absolute atomic E-state index is 12.5. The molecule has 2 N–H and O–H groups in total. The van der Waals surface area contributed by atoms with E-state index in [1.165, 1.54) is 0 Å². The molecule has 0 radical (unpaired) electrons. The quantitative estimate of drug-likeness (QED) is 0.569. The highest BCUT2D eigenvalue weighted by Crippen LogP contribution is 2.28. The van der Waals surface area contributed by atoms with E-state index in [1.54, 1.807) is 18.2 Å². The van der Waals surface area contributed by atoms with Gasteiger partial charge in [-0.3, -0.25) is 10.1 Å². The highest BCUT2D eigenvalue weighted by Gasteiger charge is 2.19. The predicted molar refractivity (Wildman–Crippen MR) is 90.0 cm³/mol. The third-order valence-corrected chi connectivity index (χ3v) is 3.96. The van der Waals surface area contributed by atoms with Crippen molar-refractivity contribution in [2.24, 2.45) is 0 Å². The molecule has 114 valence electrons. The first kappa shape index (κ1) is 13.8. The van der Waals surface area contributed by atoms with Crippen LogP contribution in [0.2, 0.25) is 5.02 Å². The molecule has 0 saturated heterocycles. The highest BCUT2D eigenvalue weighted by atomic mass is 35.5. The molecule has 23 heavy (non-hydrogen) atoms. The Labute approximate surface area is 136 Å². The number of carbonyl (C=O) groups is 1. The molecule has 0 atom stereocenters. The van der Waals surface area contributed by atoms with Crippen molar-refractivity contribution in [2.75, 3.05) is 5.32 Å². The minimum absolute atomic E-state index is 0.253. The Bertz CT molecular complexity index is 1020. The summed E-state index contributed by atoms with van der Waals surface area (Å²) in [5.74, 6) is 0.283. The van der Waals surface area contributed by atoms with Gasteiger partial charge < -0.3 is 9.40 Å². The van der Waals surface area contributed by atoms with E-state index in [0.29, 0.717) is 16.6 Å². The van der Waals surface area contributed by atoms with Crippen LogP contribution in [0.15, 0.2) is 46.9 Å². The molecule has 5 nitrogen and oxygen atoms in total. The molecule has 4 aromatic rings. The van der Waals surface area contributed by atoms with Crippen LogP contribution in [0, 0.1) is 6.92 Å². The maximum atomic E-state index is 12.5. The number of hydrogen-bond acceptors (Lipinski definition) is 3. The van der Waals surface area contributed by atoms with Crippen LogP contribution in [0.4, 0.5) is 5.95 Å². The van der Waals surface area contributed by atoms with Gasteiger partial charge in [-0.25, -0.2) is 4.98 Å². The summed E-state index contributed by atoms with van der Waals surface area (Å²) >= 11 is 6.00. The first-order valence-corrected chi connectivity index (χ1v) is 7.44. The fourth-order valence-corrected chi connectivity index (χ4v) is 2.76. The van der Waals surface area contributed by atoms with Gasteiger partial charge in [0.1, 0.15) is 5.58 Å². The van der Waals surface area contributed by atoms with Gasteiger partial charge in [0.15, 0.2) is 5.76 Å². The number of aromatic nitrogens is 2. The van der Waals surface area contributed by atoms with Crippen molar-refractivity contribution < 1.29 is 9.21 Å². The molecule has 1 amide bonds. The third kappa shape index (κ3) is 2.35. The number of rotatable bonds is 2. The number of para-hydroxylation sites is 2. The average molecular weight is 326 g/mol. The number of hydrogen-bond donors (Lipinski definition) is 2. The number of aromatic amines is 1. The number of H-pyrrole nitrogens is 1. The van der Waals surface area contributed by atoms with Crippen LogP contribution in [0.25, 0.3) is 22.0 Å². The molecule has 0 bridgehead atoms. The van der Waals surface area contributed by atoms with Crippen LogP contribution < -0.4 is 5.32 Å².